The molecule has 0 saturated carbocycles. The van der Waals surface area contributed by atoms with Crippen molar-refractivity contribution in [2.45, 2.75) is 6.10 Å². The molecule has 0 aromatic heterocycles. The van der Waals surface area contributed by atoms with Gasteiger partial charge in [0.1, 0.15) is 18.5 Å². The highest BCUT2D eigenvalue weighted by Crippen LogP contribution is 2.26. The molecule has 1 fully saturated rings. The number of hydrogen-bond acceptors (Lipinski definition) is 4. The summed E-state index contributed by atoms with van der Waals surface area (Å²) in [4.78, 5) is 4.20. The van der Waals surface area contributed by atoms with Gasteiger partial charge in [-0.1, -0.05) is 15.9 Å². The Hall–Kier alpha value is -1.77. The van der Waals surface area contributed by atoms with E-state index in [2.05, 4.69) is 25.7 Å². The number of aliphatic hydroxyl groups excluding tert-OH is 1. The average molecular weight is 445 g/mol. The van der Waals surface area contributed by atoms with Crippen LogP contribution in [0.25, 0.3) is 0 Å². The number of halogens is 4. The molecular weight excluding hydrogens is 425 g/mol. The summed E-state index contributed by atoms with van der Waals surface area (Å²) in [5, 5.41) is 10.1. The number of β-amino-alcohol motifs (C(OH)–C–C–N with tert-alkyl or cyclic N) is 1. The summed E-state index contributed by atoms with van der Waals surface area (Å²) in [5.74, 6) is -2.39. The minimum absolute atomic E-state index is 0.201. The van der Waals surface area contributed by atoms with E-state index in [0.29, 0.717) is 6.54 Å². The van der Waals surface area contributed by atoms with E-state index in [-0.39, 0.29) is 16.9 Å². The van der Waals surface area contributed by atoms with Crippen LogP contribution in [0, 0.1) is 17.5 Å². The van der Waals surface area contributed by atoms with Crippen molar-refractivity contribution >= 4 is 21.6 Å². The van der Waals surface area contributed by atoms with E-state index in [4.69, 9.17) is 4.74 Å². The van der Waals surface area contributed by atoms with E-state index in [0.717, 1.165) is 44.0 Å². The number of anilines is 1. The Balaban J connectivity index is 1.46. The third-order valence-corrected chi connectivity index (χ3v) is 4.87. The van der Waals surface area contributed by atoms with Gasteiger partial charge in [-0.05, 0) is 36.4 Å². The minimum atomic E-state index is -0.871. The van der Waals surface area contributed by atoms with Crippen LogP contribution in [0.5, 0.6) is 5.75 Å². The van der Waals surface area contributed by atoms with Gasteiger partial charge in [0.05, 0.1) is 0 Å². The van der Waals surface area contributed by atoms with Gasteiger partial charge in [-0.2, -0.15) is 0 Å². The molecule has 0 bridgehead atoms. The first kappa shape index (κ1) is 20.0. The molecule has 0 spiro atoms. The monoisotopic (exact) mass is 444 g/mol. The van der Waals surface area contributed by atoms with Crippen LogP contribution in [0.4, 0.5) is 18.9 Å². The second-order valence-corrected chi connectivity index (χ2v) is 7.34. The van der Waals surface area contributed by atoms with Crippen LogP contribution < -0.4 is 9.64 Å². The van der Waals surface area contributed by atoms with Crippen molar-refractivity contribution in [3.05, 3.63) is 58.3 Å². The zero-order chi connectivity index (χ0) is 19.4. The molecule has 1 atom stereocenters. The number of nitrogens with zero attached hydrogens (tertiary/aromatic N) is 2. The third kappa shape index (κ3) is 5.37. The lowest BCUT2D eigenvalue weighted by Gasteiger charge is -2.36. The van der Waals surface area contributed by atoms with Crippen LogP contribution >= 0.6 is 15.9 Å². The second-order valence-electron chi connectivity index (χ2n) is 6.43. The van der Waals surface area contributed by atoms with Gasteiger partial charge in [0.15, 0.2) is 17.4 Å². The van der Waals surface area contributed by atoms with Crippen LogP contribution in [0.3, 0.4) is 0 Å². The fraction of sp³-hybridized carbons (Fsp3) is 0.368. The lowest BCUT2D eigenvalue weighted by atomic mass is 10.2. The van der Waals surface area contributed by atoms with Crippen molar-refractivity contribution in [1.29, 1.82) is 0 Å². The van der Waals surface area contributed by atoms with E-state index < -0.39 is 23.5 Å². The van der Waals surface area contributed by atoms with Gasteiger partial charge >= 0.3 is 0 Å². The van der Waals surface area contributed by atoms with Gasteiger partial charge in [-0.3, -0.25) is 4.90 Å². The predicted molar refractivity (Wildman–Crippen MR) is 101 cm³/mol. The maximum absolute atomic E-state index is 13.7. The van der Waals surface area contributed by atoms with Crippen molar-refractivity contribution in [2.24, 2.45) is 0 Å². The van der Waals surface area contributed by atoms with Crippen LogP contribution in [-0.2, 0) is 0 Å². The summed E-state index contributed by atoms with van der Waals surface area (Å²) < 4.78 is 45.9. The topological polar surface area (TPSA) is 35.9 Å². The van der Waals surface area contributed by atoms with Crippen LogP contribution in [0.15, 0.2) is 40.9 Å². The van der Waals surface area contributed by atoms with Gasteiger partial charge < -0.3 is 14.7 Å². The van der Waals surface area contributed by atoms with E-state index in [9.17, 15) is 18.3 Å². The van der Waals surface area contributed by atoms with Gasteiger partial charge in [0.25, 0.3) is 0 Å². The zero-order valence-corrected chi connectivity index (χ0v) is 16.1. The molecule has 0 unspecified atom stereocenters. The Bertz CT molecular complexity index is 745. The molecule has 1 N–H and O–H groups in total. The van der Waals surface area contributed by atoms with Gasteiger partial charge in [-0.15, -0.1) is 0 Å². The van der Waals surface area contributed by atoms with Gasteiger partial charge in [0.2, 0.25) is 0 Å². The molecule has 1 saturated heterocycles. The second kappa shape index (κ2) is 8.95. The molecule has 1 aliphatic heterocycles. The lowest BCUT2D eigenvalue weighted by Crippen LogP contribution is -2.49. The summed E-state index contributed by atoms with van der Waals surface area (Å²) >= 11 is 3.00. The summed E-state index contributed by atoms with van der Waals surface area (Å²) in [6.07, 6.45) is -0.871. The van der Waals surface area contributed by atoms with Crippen LogP contribution in [-0.4, -0.2) is 55.4 Å². The summed E-state index contributed by atoms with van der Waals surface area (Å²) in [7, 11) is 0. The standard InChI is InChI=1S/C19H20BrF3N2O2/c20-13-9-17(22)19(18(23)10-13)27-12-16(26)11-24-5-7-25(8-6-24)15-3-1-14(21)2-4-15/h1-4,9-10,16,26H,5-8,11-12H2/t16-/m0/s1. The highest BCUT2D eigenvalue weighted by Gasteiger charge is 2.21. The zero-order valence-electron chi connectivity index (χ0n) is 14.5. The molecule has 146 valence electrons. The van der Waals surface area contributed by atoms with E-state index in [1.165, 1.54) is 12.1 Å². The van der Waals surface area contributed by atoms with Crippen LogP contribution in [0.2, 0.25) is 0 Å². The maximum Gasteiger partial charge on any atom is 0.190 e. The van der Waals surface area contributed by atoms with Crippen molar-refractivity contribution in [3.63, 3.8) is 0 Å². The Labute approximate surface area is 164 Å². The summed E-state index contributed by atoms with van der Waals surface area (Å²) in [6, 6.07) is 8.58. The molecule has 1 aliphatic rings. The Kier molecular flexibility index (Phi) is 6.62. The largest absolute Gasteiger partial charge is 0.485 e. The van der Waals surface area contributed by atoms with E-state index in [1.807, 2.05) is 0 Å². The normalized spacial score (nSPS) is 16.4. The van der Waals surface area contributed by atoms with Crippen LogP contribution in [0.1, 0.15) is 0 Å². The first-order valence-electron chi connectivity index (χ1n) is 8.60. The Morgan fingerprint density at radius 1 is 1.00 bits per heavy atom. The molecule has 8 heteroatoms. The fourth-order valence-corrected chi connectivity index (χ4v) is 3.44. The molecule has 0 radical (unpaired) electrons. The number of ether oxygens (including phenoxy) is 1. The Morgan fingerprint density at radius 3 is 2.19 bits per heavy atom. The minimum Gasteiger partial charge on any atom is -0.485 e. The number of rotatable bonds is 6. The average Bonchev–Trinajstić information content (AvgIpc) is 2.62. The first-order chi connectivity index (χ1) is 12.9. The number of hydrogen-bond donors (Lipinski definition) is 1. The molecule has 4 nitrogen and oxygen atoms in total. The highest BCUT2D eigenvalue weighted by atomic mass is 79.9. The molecular formula is C19H20BrF3N2O2. The van der Waals surface area contributed by atoms with Gasteiger partial charge in [-0.25, -0.2) is 13.2 Å². The SMILES string of the molecule is O[C@H](COc1c(F)cc(Br)cc1F)CN1CCN(c2ccc(F)cc2)CC1. The van der Waals surface area contributed by atoms with Crippen molar-refractivity contribution in [3.8, 4) is 5.75 Å². The quantitative estimate of drug-likeness (QED) is 0.740. The van der Waals surface area contributed by atoms with Crippen molar-refractivity contribution in [1.82, 2.24) is 4.90 Å². The number of aliphatic hydroxyl groups is 1. The van der Waals surface area contributed by atoms with Gasteiger partial charge in [0, 0.05) is 42.9 Å². The van der Waals surface area contributed by atoms with Crippen molar-refractivity contribution < 1.29 is 23.0 Å². The molecule has 27 heavy (non-hydrogen) atoms. The fourth-order valence-electron chi connectivity index (χ4n) is 3.04. The molecule has 3 rings (SSSR count). The maximum atomic E-state index is 13.7. The lowest BCUT2D eigenvalue weighted by molar-refractivity contribution is 0.0634. The summed E-state index contributed by atoms with van der Waals surface area (Å²) in [5.41, 5.74) is 0.959. The first-order valence-corrected chi connectivity index (χ1v) is 9.40. The Morgan fingerprint density at radius 2 is 1.59 bits per heavy atom. The number of piperazine rings is 1. The van der Waals surface area contributed by atoms with E-state index in [1.54, 1.807) is 12.1 Å². The molecule has 1 heterocycles. The summed E-state index contributed by atoms with van der Waals surface area (Å²) in [6.45, 7) is 3.07. The third-order valence-electron chi connectivity index (χ3n) is 4.42. The van der Waals surface area contributed by atoms with E-state index >= 15 is 0 Å². The highest BCUT2D eigenvalue weighted by molar-refractivity contribution is 9.10. The molecule has 0 aliphatic carbocycles. The molecule has 2 aromatic carbocycles. The molecule has 2 aromatic rings. The van der Waals surface area contributed by atoms with Crippen molar-refractivity contribution in [2.75, 3.05) is 44.2 Å². The molecule has 0 amide bonds. The predicted octanol–water partition coefficient (Wildman–Crippen LogP) is 3.43. The smallest absolute Gasteiger partial charge is 0.190 e. The number of benzene rings is 2.